The molecule has 0 heterocycles. The average Bonchev–Trinajstić information content (AvgIpc) is 2.96. The van der Waals surface area contributed by atoms with Crippen LogP contribution in [0.1, 0.15) is 23.2 Å². The first-order valence-electron chi connectivity index (χ1n) is 4.89. The van der Waals surface area contributed by atoms with Gasteiger partial charge in [-0.2, -0.15) is 0 Å². The van der Waals surface area contributed by atoms with Crippen molar-refractivity contribution in [3.05, 3.63) is 35.4 Å². The quantitative estimate of drug-likeness (QED) is 0.815. The second-order valence-electron chi connectivity index (χ2n) is 3.81. The van der Waals surface area contributed by atoms with Crippen LogP contribution >= 0.6 is 0 Å². The van der Waals surface area contributed by atoms with Gasteiger partial charge in [-0.15, -0.1) is 0 Å². The van der Waals surface area contributed by atoms with E-state index in [1.165, 1.54) is 0 Å². The average molecular weight is 211 g/mol. The number of nitrogens with one attached hydrogen (secondary N) is 1. The highest BCUT2D eigenvalue weighted by atomic mass is 19.1. The third kappa shape index (κ3) is 2.75. The van der Waals surface area contributed by atoms with Gasteiger partial charge in [0.1, 0.15) is 11.6 Å². The van der Waals surface area contributed by atoms with Crippen LogP contribution in [-0.4, -0.2) is 12.5 Å². The number of hydrogen-bond donors (Lipinski definition) is 1. The fourth-order valence-corrected chi connectivity index (χ4v) is 1.35. The van der Waals surface area contributed by atoms with Gasteiger partial charge in [0, 0.05) is 18.2 Å². The number of carbonyl (C=O) groups is 1. The highest BCUT2D eigenvalue weighted by molar-refractivity contribution is 5.94. The number of hydrogen-bond acceptors (Lipinski definition) is 1. The Labute approximate surface area is 86.3 Å². The van der Waals surface area contributed by atoms with Crippen molar-refractivity contribution >= 4 is 5.91 Å². The summed E-state index contributed by atoms with van der Waals surface area (Å²) in [6.07, 6.45) is 2.25. The summed E-state index contributed by atoms with van der Waals surface area (Å²) in [6, 6.07) is 2.81. The molecule has 0 aliphatic heterocycles. The van der Waals surface area contributed by atoms with Gasteiger partial charge in [-0.05, 0) is 30.9 Å². The predicted molar refractivity (Wildman–Crippen MR) is 51.4 cm³/mol. The standard InChI is InChI=1S/C11H11F2NO/c12-9-3-8(4-10(13)5-9)11(15)14-6-7-1-2-7/h3-5,7H,1-2,6H2,(H,14,15). The SMILES string of the molecule is O=C(NCC1CC1)c1cc(F)cc(F)c1. The van der Waals surface area contributed by atoms with E-state index in [0.717, 1.165) is 31.0 Å². The lowest BCUT2D eigenvalue weighted by molar-refractivity contribution is 0.0951. The van der Waals surface area contributed by atoms with Crippen LogP contribution in [0.4, 0.5) is 8.78 Å². The molecule has 1 aliphatic rings. The molecule has 1 saturated carbocycles. The Hall–Kier alpha value is -1.45. The molecule has 1 N–H and O–H groups in total. The van der Waals surface area contributed by atoms with E-state index in [4.69, 9.17) is 0 Å². The van der Waals surface area contributed by atoms with E-state index in [1.54, 1.807) is 0 Å². The Balaban J connectivity index is 2.02. The fourth-order valence-electron chi connectivity index (χ4n) is 1.35. The van der Waals surface area contributed by atoms with Crippen molar-refractivity contribution in [2.75, 3.05) is 6.54 Å². The molecule has 0 aromatic heterocycles. The van der Waals surface area contributed by atoms with Crippen molar-refractivity contribution in [2.45, 2.75) is 12.8 Å². The molecule has 0 radical (unpaired) electrons. The zero-order chi connectivity index (χ0) is 10.8. The van der Waals surface area contributed by atoms with Gasteiger partial charge in [-0.3, -0.25) is 4.79 Å². The minimum atomic E-state index is -0.730. The maximum Gasteiger partial charge on any atom is 0.251 e. The van der Waals surface area contributed by atoms with Gasteiger partial charge in [0.25, 0.3) is 5.91 Å². The largest absolute Gasteiger partial charge is 0.352 e. The number of halogens is 2. The first-order valence-corrected chi connectivity index (χ1v) is 4.89. The number of rotatable bonds is 3. The molecule has 1 aliphatic carbocycles. The first-order chi connectivity index (χ1) is 7.15. The molecule has 0 unspecified atom stereocenters. The van der Waals surface area contributed by atoms with Crippen LogP contribution in [-0.2, 0) is 0 Å². The minimum Gasteiger partial charge on any atom is -0.352 e. The van der Waals surface area contributed by atoms with Crippen LogP contribution in [0.25, 0.3) is 0 Å². The molecule has 0 saturated heterocycles. The molecule has 2 nitrogen and oxygen atoms in total. The zero-order valence-electron chi connectivity index (χ0n) is 8.09. The van der Waals surface area contributed by atoms with E-state index >= 15 is 0 Å². The number of carbonyl (C=O) groups excluding carboxylic acids is 1. The Kier molecular flexibility index (Phi) is 2.66. The molecule has 1 aromatic carbocycles. The summed E-state index contributed by atoms with van der Waals surface area (Å²) in [7, 11) is 0. The second kappa shape index (κ2) is 3.96. The molecular weight excluding hydrogens is 200 g/mol. The third-order valence-electron chi connectivity index (χ3n) is 2.37. The first kappa shape index (κ1) is 10.1. The van der Waals surface area contributed by atoms with Gasteiger partial charge in [0.15, 0.2) is 0 Å². The Bertz CT molecular complexity index is 368. The van der Waals surface area contributed by atoms with Crippen molar-refractivity contribution in [2.24, 2.45) is 5.92 Å². The second-order valence-corrected chi connectivity index (χ2v) is 3.81. The van der Waals surface area contributed by atoms with Crippen LogP contribution in [0.15, 0.2) is 18.2 Å². The number of benzene rings is 1. The van der Waals surface area contributed by atoms with E-state index in [2.05, 4.69) is 5.32 Å². The van der Waals surface area contributed by atoms with Crippen molar-refractivity contribution in [1.82, 2.24) is 5.32 Å². The summed E-state index contributed by atoms with van der Waals surface area (Å²) in [6.45, 7) is 0.594. The molecule has 0 spiro atoms. The molecule has 2 rings (SSSR count). The molecule has 0 bridgehead atoms. The topological polar surface area (TPSA) is 29.1 Å². The van der Waals surface area contributed by atoms with E-state index in [9.17, 15) is 13.6 Å². The summed E-state index contributed by atoms with van der Waals surface area (Å²) in [5.41, 5.74) is 0.0353. The van der Waals surface area contributed by atoms with Crippen molar-refractivity contribution in [3.63, 3.8) is 0 Å². The lowest BCUT2D eigenvalue weighted by atomic mass is 10.2. The van der Waals surface area contributed by atoms with Crippen molar-refractivity contribution in [1.29, 1.82) is 0 Å². The molecular formula is C11H11F2NO. The highest BCUT2D eigenvalue weighted by Crippen LogP contribution is 2.27. The smallest absolute Gasteiger partial charge is 0.251 e. The van der Waals surface area contributed by atoms with Gasteiger partial charge in [0.05, 0.1) is 0 Å². The normalized spacial score (nSPS) is 15.1. The van der Waals surface area contributed by atoms with Gasteiger partial charge < -0.3 is 5.32 Å². The molecule has 15 heavy (non-hydrogen) atoms. The Morgan fingerprint density at radius 1 is 1.27 bits per heavy atom. The van der Waals surface area contributed by atoms with Gasteiger partial charge in [-0.1, -0.05) is 0 Å². The van der Waals surface area contributed by atoms with Crippen molar-refractivity contribution < 1.29 is 13.6 Å². The van der Waals surface area contributed by atoms with Gasteiger partial charge in [-0.25, -0.2) is 8.78 Å². The minimum absolute atomic E-state index is 0.0353. The van der Waals surface area contributed by atoms with E-state index < -0.39 is 17.5 Å². The summed E-state index contributed by atoms with van der Waals surface area (Å²) in [5.74, 6) is -1.33. The highest BCUT2D eigenvalue weighted by Gasteiger charge is 2.22. The summed E-state index contributed by atoms with van der Waals surface area (Å²) in [5, 5.41) is 2.64. The Morgan fingerprint density at radius 3 is 2.40 bits per heavy atom. The van der Waals surface area contributed by atoms with E-state index in [-0.39, 0.29) is 5.56 Å². The van der Waals surface area contributed by atoms with Crippen molar-refractivity contribution in [3.8, 4) is 0 Å². The molecule has 1 fully saturated rings. The maximum atomic E-state index is 12.8. The predicted octanol–water partition coefficient (Wildman–Crippen LogP) is 2.10. The summed E-state index contributed by atoms with van der Waals surface area (Å²) >= 11 is 0. The van der Waals surface area contributed by atoms with Crippen LogP contribution in [0.3, 0.4) is 0 Å². The zero-order valence-corrected chi connectivity index (χ0v) is 8.09. The summed E-state index contributed by atoms with van der Waals surface area (Å²) < 4.78 is 25.6. The lowest BCUT2D eigenvalue weighted by Crippen LogP contribution is -2.25. The Morgan fingerprint density at radius 2 is 1.87 bits per heavy atom. The molecule has 1 aromatic rings. The molecule has 1 amide bonds. The third-order valence-corrected chi connectivity index (χ3v) is 2.37. The number of amides is 1. The maximum absolute atomic E-state index is 12.8. The van der Waals surface area contributed by atoms with Crippen LogP contribution < -0.4 is 5.32 Å². The molecule has 4 heteroatoms. The van der Waals surface area contributed by atoms with E-state index in [0.29, 0.717) is 12.5 Å². The fraction of sp³-hybridized carbons (Fsp3) is 0.364. The van der Waals surface area contributed by atoms with Gasteiger partial charge in [0.2, 0.25) is 0 Å². The van der Waals surface area contributed by atoms with Crippen LogP contribution in [0, 0.1) is 17.6 Å². The molecule has 80 valence electrons. The molecule has 0 atom stereocenters. The summed E-state index contributed by atoms with van der Waals surface area (Å²) in [4.78, 5) is 11.4. The van der Waals surface area contributed by atoms with Gasteiger partial charge >= 0.3 is 0 Å². The van der Waals surface area contributed by atoms with E-state index in [1.807, 2.05) is 0 Å². The lowest BCUT2D eigenvalue weighted by Gasteiger charge is -2.04. The van der Waals surface area contributed by atoms with Crippen LogP contribution in [0.2, 0.25) is 0 Å². The van der Waals surface area contributed by atoms with Crippen LogP contribution in [0.5, 0.6) is 0 Å². The monoisotopic (exact) mass is 211 g/mol.